The van der Waals surface area contributed by atoms with Gasteiger partial charge in [-0.2, -0.15) is 0 Å². The summed E-state index contributed by atoms with van der Waals surface area (Å²) in [7, 11) is 0. The van der Waals surface area contributed by atoms with Gasteiger partial charge >= 0.3 is 12.1 Å². The molecule has 0 aliphatic carbocycles. The predicted octanol–water partition coefficient (Wildman–Crippen LogP) is -0.0333. The molecule has 0 aliphatic rings. The van der Waals surface area contributed by atoms with E-state index in [1.54, 1.807) is 0 Å². The van der Waals surface area contributed by atoms with Gasteiger partial charge in [-0.1, -0.05) is 0 Å². The Hall–Kier alpha value is -3.70. The summed E-state index contributed by atoms with van der Waals surface area (Å²) in [5.41, 5.74) is -0.711. The van der Waals surface area contributed by atoms with Gasteiger partial charge in [0.15, 0.2) is 0 Å². The second-order valence-electron chi connectivity index (χ2n) is 5.39. The fourth-order valence-corrected chi connectivity index (χ4v) is 2.00. The SMILES string of the molecule is O=C(NCCCCCNC(=O)Nc1nccc(=O)[nH]1)Nc1nccc(=O)[nH]1. The summed E-state index contributed by atoms with van der Waals surface area (Å²) in [5.74, 6) is 0.147. The maximum absolute atomic E-state index is 11.6. The third-order valence-corrected chi connectivity index (χ3v) is 3.23. The molecule has 6 N–H and O–H groups in total. The van der Waals surface area contributed by atoms with Gasteiger partial charge in [-0.05, 0) is 19.3 Å². The van der Waals surface area contributed by atoms with E-state index >= 15 is 0 Å². The Labute approximate surface area is 153 Å². The fraction of sp³-hybridized carbons (Fsp3) is 0.333. The van der Waals surface area contributed by atoms with Crippen LogP contribution in [0.5, 0.6) is 0 Å². The van der Waals surface area contributed by atoms with Crippen LogP contribution in [0.3, 0.4) is 0 Å². The number of rotatable bonds is 8. The highest BCUT2D eigenvalue weighted by molar-refractivity contribution is 5.87. The molecule has 144 valence electrons. The number of carbonyl (C=O) groups is 2. The number of aromatic nitrogens is 4. The largest absolute Gasteiger partial charge is 0.338 e. The molecular formula is C15H20N8O4. The maximum Gasteiger partial charge on any atom is 0.321 e. The molecule has 4 amide bonds. The van der Waals surface area contributed by atoms with Crippen LogP contribution in [0.25, 0.3) is 0 Å². The number of hydrogen-bond donors (Lipinski definition) is 6. The lowest BCUT2D eigenvalue weighted by molar-refractivity contribution is 0.251. The standard InChI is InChI=1S/C15H20N8O4/c24-10-4-8-16-12(20-10)22-14(26)18-6-2-1-3-7-19-15(27)23-13-17-9-5-11(25)21-13/h4-5,8-9H,1-3,6-7H2,(H3,16,18,20,22,24,26)(H3,17,19,21,23,25,27). The van der Waals surface area contributed by atoms with E-state index < -0.39 is 12.1 Å². The van der Waals surface area contributed by atoms with E-state index in [9.17, 15) is 19.2 Å². The van der Waals surface area contributed by atoms with E-state index in [4.69, 9.17) is 0 Å². The maximum atomic E-state index is 11.6. The minimum atomic E-state index is -0.466. The van der Waals surface area contributed by atoms with Gasteiger partial charge in [0, 0.05) is 37.6 Å². The predicted molar refractivity (Wildman–Crippen MR) is 97.6 cm³/mol. The Balaban J connectivity index is 1.52. The molecule has 0 radical (unpaired) electrons. The van der Waals surface area contributed by atoms with Crippen molar-refractivity contribution in [1.82, 2.24) is 30.6 Å². The number of aromatic amines is 2. The van der Waals surface area contributed by atoms with Crippen molar-refractivity contribution in [3.05, 3.63) is 45.2 Å². The third kappa shape index (κ3) is 7.81. The van der Waals surface area contributed by atoms with Crippen molar-refractivity contribution in [3.63, 3.8) is 0 Å². The first-order chi connectivity index (χ1) is 13.0. The van der Waals surface area contributed by atoms with E-state index in [2.05, 4.69) is 41.2 Å². The molecule has 0 saturated carbocycles. The number of carbonyl (C=O) groups excluding carboxylic acids is 2. The highest BCUT2D eigenvalue weighted by Gasteiger charge is 2.04. The van der Waals surface area contributed by atoms with Crippen molar-refractivity contribution in [1.29, 1.82) is 0 Å². The van der Waals surface area contributed by atoms with Crippen molar-refractivity contribution >= 4 is 24.0 Å². The summed E-state index contributed by atoms with van der Waals surface area (Å²) < 4.78 is 0. The average Bonchev–Trinajstić information content (AvgIpc) is 2.61. The Kier molecular flexibility index (Phi) is 7.51. The van der Waals surface area contributed by atoms with Crippen molar-refractivity contribution in [2.75, 3.05) is 23.7 Å². The number of anilines is 2. The van der Waals surface area contributed by atoms with Crippen LogP contribution < -0.4 is 32.4 Å². The number of unbranched alkanes of at least 4 members (excludes halogenated alkanes) is 2. The lowest BCUT2D eigenvalue weighted by Gasteiger charge is -2.07. The molecule has 0 unspecified atom stereocenters. The van der Waals surface area contributed by atoms with Crippen LogP contribution >= 0.6 is 0 Å². The number of nitrogens with one attached hydrogen (secondary N) is 6. The van der Waals surface area contributed by atoms with E-state index in [0.717, 1.165) is 6.42 Å². The van der Waals surface area contributed by atoms with Crippen LogP contribution in [0, 0.1) is 0 Å². The van der Waals surface area contributed by atoms with Gasteiger partial charge < -0.3 is 10.6 Å². The molecule has 2 rings (SSSR count). The highest BCUT2D eigenvalue weighted by atomic mass is 16.2. The zero-order valence-electron chi connectivity index (χ0n) is 14.4. The van der Waals surface area contributed by atoms with Gasteiger partial charge in [-0.15, -0.1) is 0 Å². The van der Waals surface area contributed by atoms with E-state index in [1.807, 2.05) is 0 Å². The zero-order chi connectivity index (χ0) is 19.5. The molecule has 2 aromatic heterocycles. The Morgan fingerprint density at radius 1 is 0.778 bits per heavy atom. The van der Waals surface area contributed by atoms with Gasteiger partial charge in [0.1, 0.15) is 0 Å². The summed E-state index contributed by atoms with van der Waals surface area (Å²) >= 11 is 0. The van der Waals surface area contributed by atoms with E-state index in [1.165, 1.54) is 24.5 Å². The van der Waals surface area contributed by atoms with Gasteiger partial charge in [-0.3, -0.25) is 30.2 Å². The summed E-state index contributed by atoms with van der Waals surface area (Å²) in [6.45, 7) is 0.870. The normalized spacial score (nSPS) is 10.1. The molecule has 2 heterocycles. The van der Waals surface area contributed by atoms with Crippen molar-refractivity contribution < 1.29 is 9.59 Å². The Morgan fingerprint density at radius 2 is 1.22 bits per heavy atom. The highest BCUT2D eigenvalue weighted by Crippen LogP contribution is 1.95. The van der Waals surface area contributed by atoms with Crippen LogP contribution in [0.1, 0.15) is 19.3 Å². The first-order valence-corrected chi connectivity index (χ1v) is 8.23. The molecule has 0 atom stereocenters. The topological polar surface area (TPSA) is 174 Å². The summed E-state index contributed by atoms with van der Waals surface area (Å²) in [5, 5.41) is 10.1. The lowest BCUT2D eigenvalue weighted by Crippen LogP contribution is -2.32. The molecule has 0 aliphatic heterocycles. The first-order valence-electron chi connectivity index (χ1n) is 8.23. The third-order valence-electron chi connectivity index (χ3n) is 3.23. The second-order valence-corrected chi connectivity index (χ2v) is 5.39. The zero-order valence-corrected chi connectivity index (χ0v) is 14.4. The number of hydrogen-bond acceptors (Lipinski definition) is 6. The van der Waals surface area contributed by atoms with Crippen LogP contribution in [-0.2, 0) is 0 Å². The molecule has 12 nitrogen and oxygen atoms in total. The monoisotopic (exact) mass is 376 g/mol. The number of nitrogens with zero attached hydrogens (tertiary/aromatic N) is 2. The Bertz CT molecular complexity index is 807. The Morgan fingerprint density at radius 3 is 1.63 bits per heavy atom. The van der Waals surface area contributed by atoms with Crippen molar-refractivity contribution in [2.45, 2.75) is 19.3 Å². The average molecular weight is 376 g/mol. The molecule has 0 saturated heterocycles. The summed E-state index contributed by atoms with van der Waals surface area (Å²) in [6.07, 6.45) is 4.79. The number of urea groups is 2. The van der Waals surface area contributed by atoms with Crippen LogP contribution in [-0.4, -0.2) is 45.1 Å². The van der Waals surface area contributed by atoms with Gasteiger partial charge in [0.2, 0.25) is 11.9 Å². The van der Waals surface area contributed by atoms with Crippen LogP contribution in [0.4, 0.5) is 21.5 Å². The smallest absolute Gasteiger partial charge is 0.321 e. The number of H-pyrrole nitrogens is 2. The van der Waals surface area contributed by atoms with Gasteiger partial charge in [0.05, 0.1) is 0 Å². The summed E-state index contributed by atoms with van der Waals surface area (Å²) in [4.78, 5) is 57.8. The molecule has 0 spiro atoms. The van der Waals surface area contributed by atoms with Gasteiger partial charge in [0.25, 0.3) is 11.1 Å². The minimum Gasteiger partial charge on any atom is -0.338 e. The van der Waals surface area contributed by atoms with Crippen LogP contribution in [0.2, 0.25) is 0 Å². The van der Waals surface area contributed by atoms with E-state index in [-0.39, 0.29) is 23.0 Å². The van der Waals surface area contributed by atoms with Gasteiger partial charge in [-0.25, -0.2) is 19.6 Å². The fourth-order valence-electron chi connectivity index (χ4n) is 2.00. The molecule has 0 aromatic carbocycles. The second kappa shape index (κ2) is 10.3. The molecule has 0 fully saturated rings. The number of amides is 4. The quantitative estimate of drug-likeness (QED) is 0.353. The van der Waals surface area contributed by atoms with Crippen molar-refractivity contribution in [3.8, 4) is 0 Å². The molecule has 27 heavy (non-hydrogen) atoms. The molecule has 2 aromatic rings. The van der Waals surface area contributed by atoms with Crippen LogP contribution in [0.15, 0.2) is 34.1 Å². The van der Waals surface area contributed by atoms with E-state index in [0.29, 0.717) is 25.9 Å². The molecule has 12 heteroatoms. The lowest BCUT2D eigenvalue weighted by atomic mass is 10.2. The summed E-state index contributed by atoms with van der Waals surface area (Å²) in [6, 6.07) is 1.55. The molecular weight excluding hydrogens is 356 g/mol. The first kappa shape index (κ1) is 19.6. The minimum absolute atomic E-state index is 0.0736. The van der Waals surface area contributed by atoms with Crippen molar-refractivity contribution in [2.24, 2.45) is 0 Å². The molecule has 0 bridgehead atoms.